The van der Waals surface area contributed by atoms with Gasteiger partial charge in [-0.2, -0.15) is 16.9 Å². The van der Waals surface area contributed by atoms with Crippen molar-refractivity contribution in [2.45, 2.75) is 31.9 Å². The van der Waals surface area contributed by atoms with Crippen molar-refractivity contribution in [3.05, 3.63) is 35.3 Å². The van der Waals surface area contributed by atoms with E-state index in [-0.39, 0.29) is 11.2 Å². The van der Waals surface area contributed by atoms with Gasteiger partial charge < -0.3 is 4.90 Å². The monoisotopic (exact) mass is 396 g/mol. The molecule has 1 amide bonds. The number of carbonyl (C=O) groups is 1. The second-order valence-electron chi connectivity index (χ2n) is 5.08. The van der Waals surface area contributed by atoms with Crippen LogP contribution in [-0.4, -0.2) is 38.7 Å². The van der Waals surface area contributed by atoms with E-state index in [1.165, 1.54) is 0 Å². The molecule has 0 aliphatic carbocycles. The van der Waals surface area contributed by atoms with E-state index in [1.54, 1.807) is 28.8 Å². The molecule has 0 aromatic carbocycles. The Morgan fingerprint density at radius 3 is 2.83 bits per heavy atom. The first-order valence-corrected chi connectivity index (χ1v) is 9.70. The molecule has 5 nitrogen and oxygen atoms in total. The summed E-state index contributed by atoms with van der Waals surface area (Å²) in [5, 5.41) is 4.44. The summed E-state index contributed by atoms with van der Waals surface area (Å²) in [6, 6.07) is 3.79. The molecule has 0 aliphatic rings. The third kappa shape index (κ3) is 4.14. The number of hydrogen-bond acceptors (Lipinski definition) is 4. The smallest absolute Gasteiger partial charge is 0.240 e. The Morgan fingerprint density at radius 1 is 1.48 bits per heavy atom. The van der Waals surface area contributed by atoms with Crippen molar-refractivity contribution in [3.63, 3.8) is 0 Å². The van der Waals surface area contributed by atoms with Crippen LogP contribution in [0.4, 0.5) is 5.69 Å². The molecular weight excluding hydrogens is 376 g/mol. The van der Waals surface area contributed by atoms with Crippen molar-refractivity contribution >= 4 is 39.3 Å². The summed E-state index contributed by atoms with van der Waals surface area (Å²) in [4.78, 5) is 18.8. The van der Waals surface area contributed by atoms with E-state index in [0.29, 0.717) is 11.1 Å². The van der Waals surface area contributed by atoms with Gasteiger partial charge in [0.15, 0.2) is 4.60 Å². The average molecular weight is 397 g/mol. The van der Waals surface area contributed by atoms with Crippen LogP contribution in [-0.2, 0) is 4.79 Å². The highest BCUT2D eigenvalue weighted by molar-refractivity contribution is 9.10. The molecule has 1 atom stereocenters. The van der Waals surface area contributed by atoms with Gasteiger partial charge in [-0.05, 0) is 47.2 Å². The van der Waals surface area contributed by atoms with Crippen molar-refractivity contribution in [1.29, 1.82) is 0 Å². The summed E-state index contributed by atoms with van der Waals surface area (Å²) in [7, 11) is 0. The standard InChI is InChI=1S/C16H21BrN4OS/c1-4-9-20(16(22)14(5-2)23-3)13-11-21(19-15(13)17)12-7-6-8-18-10-12/h6-8,10-11,14H,4-5,9H2,1-3H3. The predicted octanol–water partition coefficient (Wildman–Crippen LogP) is 3.91. The number of pyridine rings is 1. The Morgan fingerprint density at radius 2 is 2.26 bits per heavy atom. The first kappa shape index (κ1) is 18.0. The van der Waals surface area contributed by atoms with Crippen LogP contribution >= 0.6 is 27.7 Å². The minimum absolute atomic E-state index is 0.0322. The lowest BCUT2D eigenvalue weighted by molar-refractivity contribution is -0.118. The van der Waals surface area contributed by atoms with Crippen molar-refractivity contribution in [2.75, 3.05) is 17.7 Å². The van der Waals surface area contributed by atoms with E-state index < -0.39 is 0 Å². The Labute approximate surface area is 149 Å². The quantitative estimate of drug-likeness (QED) is 0.711. The molecule has 0 bridgehead atoms. The SMILES string of the molecule is CCCN(C(=O)C(CC)SC)c1cn(-c2cccnc2)nc1Br. The van der Waals surface area contributed by atoms with Gasteiger partial charge in [0.05, 0.1) is 29.0 Å². The van der Waals surface area contributed by atoms with E-state index >= 15 is 0 Å². The normalized spacial score (nSPS) is 12.2. The number of carbonyl (C=O) groups excluding carboxylic acids is 1. The number of hydrogen-bond donors (Lipinski definition) is 0. The van der Waals surface area contributed by atoms with Crippen LogP contribution in [0, 0.1) is 0 Å². The molecule has 0 saturated carbocycles. The highest BCUT2D eigenvalue weighted by atomic mass is 79.9. The van der Waals surface area contributed by atoms with Crippen LogP contribution in [0.1, 0.15) is 26.7 Å². The first-order valence-electron chi connectivity index (χ1n) is 7.62. The van der Waals surface area contributed by atoms with Gasteiger partial charge in [-0.3, -0.25) is 9.78 Å². The number of anilines is 1. The summed E-state index contributed by atoms with van der Waals surface area (Å²) >= 11 is 5.09. The van der Waals surface area contributed by atoms with Crippen molar-refractivity contribution in [3.8, 4) is 5.69 Å². The number of halogens is 1. The average Bonchev–Trinajstić information content (AvgIpc) is 2.96. The summed E-state index contributed by atoms with van der Waals surface area (Å²) in [6.07, 6.45) is 9.02. The van der Waals surface area contributed by atoms with Gasteiger partial charge in [-0.25, -0.2) is 4.68 Å². The Bertz CT molecular complexity index is 643. The van der Waals surface area contributed by atoms with Gasteiger partial charge in [0, 0.05) is 12.7 Å². The first-order chi connectivity index (χ1) is 11.1. The van der Waals surface area contributed by atoms with E-state index in [2.05, 4.69) is 32.9 Å². The van der Waals surface area contributed by atoms with Crippen molar-refractivity contribution < 1.29 is 4.79 Å². The topological polar surface area (TPSA) is 51.0 Å². The van der Waals surface area contributed by atoms with Gasteiger partial charge in [0.25, 0.3) is 0 Å². The summed E-state index contributed by atoms with van der Waals surface area (Å²) in [6.45, 7) is 4.78. The van der Waals surface area contributed by atoms with Gasteiger partial charge in [-0.1, -0.05) is 13.8 Å². The molecule has 0 N–H and O–H groups in total. The molecule has 0 radical (unpaired) electrons. The lowest BCUT2D eigenvalue weighted by atomic mass is 10.2. The maximum absolute atomic E-state index is 12.8. The number of amides is 1. The molecule has 0 fully saturated rings. The lowest BCUT2D eigenvalue weighted by Gasteiger charge is -2.24. The molecule has 23 heavy (non-hydrogen) atoms. The number of nitrogens with zero attached hydrogens (tertiary/aromatic N) is 4. The molecule has 0 spiro atoms. The molecular formula is C16H21BrN4OS. The molecule has 2 heterocycles. The van der Waals surface area contributed by atoms with E-state index in [4.69, 9.17) is 0 Å². The predicted molar refractivity (Wildman–Crippen MR) is 99.3 cm³/mol. The Kier molecular flexibility index (Phi) is 6.65. The summed E-state index contributed by atoms with van der Waals surface area (Å²) in [5.74, 6) is 0.133. The van der Waals surface area contributed by atoms with Crippen LogP contribution in [0.3, 0.4) is 0 Å². The molecule has 0 saturated heterocycles. The number of aromatic nitrogens is 3. The van der Waals surface area contributed by atoms with E-state index in [1.807, 2.05) is 36.4 Å². The van der Waals surface area contributed by atoms with Crippen LogP contribution in [0.2, 0.25) is 0 Å². The second-order valence-corrected chi connectivity index (χ2v) is 6.87. The Hall–Kier alpha value is -1.34. The second kappa shape index (κ2) is 8.49. The van der Waals surface area contributed by atoms with Gasteiger partial charge in [0.1, 0.15) is 0 Å². The number of thioether (sulfide) groups is 1. The fourth-order valence-electron chi connectivity index (χ4n) is 2.34. The van der Waals surface area contributed by atoms with Crippen molar-refractivity contribution in [1.82, 2.24) is 14.8 Å². The summed E-state index contributed by atoms with van der Waals surface area (Å²) in [5.41, 5.74) is 1.66. The minimum atomic E-state index is -0.0322. The molecule has 2 rings (SSSR count). The zero-order valence-electron chi connectivity index (χ0n) is 13.6. The maximum Gasteiger partial charge on any atom is 0.240 e. The third-order valence-electron chi connectivity index (χ3n) is 3.50. The molecule has 7 heteroatoms. The van der Waals surface area contributed by atoms with Crippen LogP contribution in [0.5, 0.6) is 0 Å². The number of rotatable bonds is 7. The van der Waals surface area contributed by atoms with Crippen LogP contribution < -0.4 is 4.90 Å². The van der Waals surface area contributed by atoms with Gasteiger partial charge >= 0.3 is 0 Å². The fourth-order valence-corrected chi connectivity index (χ4v) is 3.48. The molecule has 2 aromatic heterocycles. The molecule has 0 aliphatic heterocycles. The lowest BCUT2D eigenvalue weighted by Crippen LogP contribution is -2.38. The molecule has 1 unspecified atom stereocenters. The van der Waals surface area contributed by atoms with Gasteiger partial charge in [0.2, 0.25) is 5.91 Å². The zero-order valence-corrected chi connectivity index (χ0v) is 16.0. The summed E-state index contributed by atoms with van der Waals surface area (Å²) < 4.78 is 2.40. The highest BCUT2D eigenvalue weighted by Gasteiger charge is 2.26. The van der Waals surface area contributed by atoms with Crippen LogP contribution in [0.15, 0.2) is 35.3 Å². The molecule has 124 valence electrons. The van der Waals surface area contributed by atoms with Crippen LogP contribution in [0.25, 0.3) is 5.69 Å². The third-order valence-corrected chi connectivity index (χ3v) is 5.17. The Balaban J connectivity index is 2.36. The minimum Gasteiger partial charge on any atom is -0.308 e. The van der Waals surface area contributed by atoms with Gasteiger partial charge in [-0.15, -0.1) is 0 Å². The zero-order chi connectivity index (χ0) is 16.8. The van der Waals surface area contributed by atoms with E-state index in [9.17, 15) is 4.79 Å². The van der Waals surface area contributed by atoms with Crippen molar-refractivity contribution in [2.24, 2.45) is 0 Å². The van der Waals surface area contributed by atoms with E-state index in [0.717, 1.165) is 24.2 Å². The largest absolute Gasteiger partial charge is 0.308 e. The highest BCUT2D eigenvalue weighted by Crippen LogP contribution is 2.29. The molecule has 2 aromatic rings. The fraction of sp³-hybridized carbons (Fsp3) is 0.438. The maximum atomic E-state index is 12.8.